The first-order valence-electron chi connectivity index (χ1n) is 7.21. The number of nitrogens with zero attached hydrogens (tertiary/aromatic N) is 2. The van der Waals surface area contributed by atoms with Crippen LogP contribution in [0, 0.1) is 0 Å². The quantitative estimate of drug-likeness (QED) is 0.735. The van der Waals surface area contributed by atoms with Crippen LogP contribution in [0.25, 0.3) is 0 Å². The summed E-state index contributed by atoms with van der Waals surface area (Å²) in [5, 5.41) is 9.39. The molecule has 1 amide bonds. The Morgan fingerprint density at radius 3 is 2.29 bits per heavy atom. The number of likely N-dealkylation sites (tertiary alicyclic amines) is 2. The van der Waals surface area contributed by atoms with Crippen molar-refractivity contribution < 1.29 is 24.2 Å². The van der Waals surface area contributed by atoms with Crippen molar-refractivity contribution in [2.45, 2.75) is 51.0 Å². The third kappa shape index (κ3) is 3.65. The Hall–Kier alpha value is -1.34. The maximum atomic E-state index is 12.3. The topological polar surface area (TPSA) is 79.3 Å². The summed E-state index contributed by atoms with van der Waals surface area (Å²) in [5.74, 6) is -0.426. The lowest BCUT2D eigenvalue weighted by atomic mass is 10.1. The second kappa shape index (κ2) is 5.81. The second-order valence-corrected chi connectivity index (χ2v) is 6.67. The van der Waals surface area contributed by atoms with Gasteiger partial charge in [0.25, 0.3) is 0 Å². The fourth-order valence-electron chi connectivity index (χ4n) is 2.75. The van der Waals surface area contributed by atoms with Crippen LogP contribution in [0.15, 0.2) is 0 Å². The highest BCUT2D eigenvalue weighted by Gasteiger charge is 2.46. The fourth-order valence-corrected chi connectivity index (χ4v) is 2.75. The van der Waals surface area contributed by atoms with Crippen molar-refractivity contribution in [3.8, 4) is 0 Å². The molecular formula is C14H24N2O5. The van der Waals surface area contributed by atoms with E-state index in [0.29, 0.717) is 26.1 Å². The molecule has 2 atom stereocenters. The van der Waals surface area contributed by atoms with Crippen molar-refractivity contribution in [3.05, 3.63) is 0 Å². The van der Waals surface area contributed by atoms with Crippen LogP contribution in [0.3, 0.4) is 0 Å². The SMILES string of the molecule is COC(=O)[C@H]1C[C@H](N2CC(O)C2)CN1C(=O)OC(C)(C)C. The van der Waals surface area contributed by atoms with Gasteiger partial charge in [0.2, 0.25) is 0 Å². The number of aliphatic hydroxyl groups excluding tert-OH is 1. The van der Waals surface area contributed by atoms with E-state index in [9.17, 15) is 14.7 Å². The lowest BCUT2D eigenvalue weighted by molar-refractivity contribution is -0.145. The van der Waals surface area contributed by atoms with Gasteiger partial charge >= 0.3 is 12.1 Å². The number of β-amino-alcohol motifs (C(OH)–C–C–N with tert-alkyl or cyclic N) is 1. The molecular weight excluding hydrogens is 276 g/mol. The summed E-state index contributed by atoms with van der Waals surface area (Å²) in [4.78, 5) is 27.7. The summed E-state index contributed by atoms with van der Waals surface area (Å²) in [6, 6.07) is -0.558. The summed E-state index contributed by atoms with van der Waals surface area (Å²) in [7, 11) is 1.32. The number of methoxy groups -OCH3 is 1. The normalized spacial score (nSPS) is 27.4. The maximum Gasteiger partial charge on any atom is 0.411 e. The van der Waals surface area contributed by atoms with Gasteiger partial charge in [-0.05, 0) is 27.2 Å². The molecule has 0 unspecified atom stereocenters. The van der Waals surface area contributed by atoms with E-state index in [0.717, 1.165) is 0 Å². The van der Waals surface area contributed by atoms with Gasteiger partial charge in [-0.25, -0.2) is 9.59 Å². The summed E-state index contributed by atoms with van der Waals surface area (Å²) in [6.45, 7) is 6.95. The minimum atomic E-state index is -0.618. The molecule has 21 heavy (non-hydrogen) atoms. The first kappa shape index (κ1) is 16.0. The van der Waals surface area contributed by atoms with Crippen LogP contribution < -0.4 is 0 Å². The van der Waals surface area contributed by atoms with Gasteiger partial charge in [-0.15, -0.1) is 0 Å². The van der Waals surface area contributed by atoms with E-state index in [4.69, 9.17) is 9.47 Å². The lowest BCUT2D eigenvalue weighted by Gasteiger charge is -2.40. The highest BCUT2D eigenvalue weighted by molar-refractivity contribution is 5.82. The molecule has 0 saturated carbocycles. The standard InChI is InChI=1S/C14H24N2O5/c1-14(2,3)21-13(19)16-6-9(15-7-10(17)8-15)5-11(16)12(18)20-4/h9-11,17H,5-8H2,1-4H3/t9-,11+/m0/s1. The Balaban J connectivity index is 2.05. The molecule has 2 heterocycles. The van der Waals surface area contributed by atoms with Gasteiger partial charge in [-0.1, -0.05) is 0 Å². The molecule has 0 aromatic heterocycles. The number of esters is 1. The van der Waals surface area contributed by atoms with E-state index in [1.54, 1.807) is 20.8 Å². The smallest absolute Gasteiger partial charge is 0.411 e. The highest BCUT2D eigenvalue weighted by atomic mass is 16.6. The molecule has 0 aliphatic carbocycles. The molecule has 2 rings (SSSR count). The molecule has 2 fully saturated rings. The largest absolute Gasteiger partial charge is 0.467 e. The number of aliphatic hydroxyl groups is 1. The van der Waals surface area contributed by atoms with Gasteiger partial charge in [-0.3, -0.25) is 9.80 Å². The first-order valence-corrected chi connectivity index (χ1v) is 7.21. The Morgan fingerprint density at radius 2 is 1.81 bits per heavy atom. The van der Waals surface area contributed by atoms with Crippen molar-refractivity contribution in [2.24, 2.45) is 0 Å². The van der Waals surface area contributed by atoms with Crippen LogP contribution in [0.4, 0.5) is 4.79 Å². The zero-order valence-electron chi connectivity index (χ0n) is 13.0. The van der Waals surface area contributed by atoms with Gasteiger partial charge in [0.1, 0.15) is 11.6 Å². The Bertz CT molecular complexity index is 414. The Kier molecular flexibility index (Phi) is 4.43. The van der Waals surface area contributed by atoms with E-state index in [2.05, 4.69) is 4.90 Å². The molecule has 7 heteroatoms. The van der Waals surface area contributed by atoms with Crippen molar-refractivity contribution >= 4 is 12.1 Å². The highest BCUT2D eigenvalue weighted by Crippen LogP contribution is 2.28. The maximum absolute atomic E-state index is 12.3. The van der Waals surface area contributed by atoms with Crippen molar-refractivity contribution in [2.75, 3.05) is 26.7 Å². The number of rotatable bonds is 2. The number of hydrogen-bond acceptors (Lipinski definition) is 6. The van der Waals surface area contributed by atoms with Crippen LogP contribution in [0.1, 0.15) is 27.2 Å². The lowest BCUT2D eigenvalue weighted by Crippen LogP contribution is -2.56. The van der Waals surface area contributed by atoms with Crippen molar-refractivity contribution in [1.82, 2.24) is 9.80 Å². The van der Waals surface area contributed by atoms with E-state index in [-0.39, 0.29) is 12.1 Å². The monoisotopic (exact) mass is 300 g/mol. The molecule has 0 radical (unpaired) electrons. The minimum absolute atomic E-state index is 0.0602. The number of ether oxygens (including phenoxy) is 2. The molecule has 2 aliphatic heterocycles. The van der Waals surface area contributed by atoms with Gasteiger partial charge in [0.15, 0.2) is 0 Å². The van der Waals surface area contributed by atoms with Gasteiger partial charge in [0.05, 0.1) is 13.2 Å². The van der Waals surface area contributed by atoms with Crippen molar-refractivity contribution in [1.29, 1.82) is 0 Å². The number of hydrogen-bond donors (Lipinski definition) is 1. The molecule has 1 N–H and O–H groups in total. The van der Waals surface area contributed by atoms with E-state index in [1.807, 2.05) is 0 Å². The first-order chi connectivity index (χ1) is 9.71. The van der Waals surface area contributed by atoms with Crippen LogP contribution >= 0.6 is 0 Å². The molecule has 0 bridgehead atoms. The average Bonchev–Trinajstić information content (AvgIpc) is 2.76. The van der Waals surface area contributed by atoms with Gasteiger partial charge in [0, 0.05) is 25.7 Å². The van der Waals surface area contributed by atoms with Crippen LogP contribution in [0.2, 0.25) is 0 Å². The Labute approximate surface area is 124 Å². The molecule has 2 saturated heterocycles. The molecule has 0 spiro atoms. The Morgan fingerprint density at radius 1 is 1.19 bits per heavy atom. The van der Waals surface area contributed by atoms with E-state index >= 15 is 0 Å². The average molecular weight is 300 g/mol. The van der Waals surface area contributed by atoms with E-state index in [1.165, 1.54) is 12.0 Å². The predicted molar refractivity (Wildman–Crippen MR) is 74.7 cm³/mol. The number of amides is 1. The van der Waals surface area contributed by atoms with E-state index < -0.39 is 23.7 Å². The molecule has 120 valence electrons. The molecule has 0 aromatic carbocycles. The third-order valence-electron chi connectivity index (χ3n) is 3.79. The fraction of sp³-hybridized carbons (Fsp3) is 0.857. The van der Waals surface area contributed by atoms with Crippen LogP contribution in [-0.2, 0) is 14.3 Å². The molecule has 2 aliphatic rings. The summed E-state index contributed by atoms with van der Waals surface area (Å²) in [5.41, 5.74) is -0.608. The zero-order chi connectivity index (χ0) is 15.8. The van der Waals surface area contributed by atoms with Crippen molar-refractivity contribution in [3.63, 3.8) is 0 Å². The predicted octanol–water partition coefficient (Wildman–Crippen LogP) is 0.214. The molecule has 7 nitrogen and oxygen atoms in total. The third-order valence-corrected chi connectivity index (χ3v) is 3.79. The summed E-state index contributed by atoms with van der Waals surface area (Å²) >= 11 is 0. The number of carbonyl (C=O) groups excluding carboxylic acids is 2. The minimum Gasteiger partial charge on any atom is -0.467 e. The number of carbonyl (C=O) groups is 2. The van der Waals surface area contributed by atoms with Crippen LogP contribution in [-0.4, -0.2) is 77.5 Å². The summed E-state index contributed by atoms with van der Waals surface area (Å²) in [6.07, 6.45) is -0.294. The second-order valence-electron chi connectivity index (χ2n) is 6.67. The molecule has 0 aromatic rings. The summed E-state index contributed by atoms with van der Waals surface area (Å²) < 4.78 is 10.1. The van der Waals surface area contributed by atoms with Gasteiger partial charge in [-0.2, -0.15) is 0 Å². The van der Waals surface area contributed by atoms with Crippen LogP contribution in [0.5, 0.6) is 0 Å². The van der Waals surface area contributed by atoms with Gasteiger partial charge < -0.3 is 14.6 Å². The zero-order valence-corrected chi connectivity index (χ0v) is 13.0.